The zero-order valence-electron chi connectivity index (χ0n) is 15.2. The zero-order valence-corrected chi connectivity index (χ0v) is 15.2. The van der Waals surface area contributed by atoms with Gasteiger partial charge in [-0.3, -0.25) is 24.2 Å². The van der Waals surface area contributed by atoms with E-state index in [0.29, 0.717) is 13.0 Å². The molecule has 10 heteroatoms. The summed E-state index contributed by atoms with van der Waals surface area (Å²) in [7, 11) is 0. The molecule has 10 nitrogen and oxygen atoms in total. The Bertz CT molecular complexity index is 636. The summed E-state index contributed by atoms with van der Waals surface area (Å²) >= 11 is 0. The van der Waals surface area contributed by atoms with Gasteiger partial charge < -0.3 is 15.4 Å². The van der Waals surface area contributed by atoms with E-state index >= 15 is 0 Å². The molecule has 0 saturated carbocycles. The Labute approximate surface area is 151 Å². The van der Waals surface area contributed by atoms with Crippen molar-refractivity contribution in [2.75, 3.05) is 19.6 Å². The molecule has 0 aromatic heterocycles. The monoisotopic (exact) mass is 368 g/mol. The van der Waals surface area contributed by atoms with Gasteiger partial charge in [0, 0.05) is 13.1 Å². The molecule has 0 aliphatic carbocycles. The maximum Gasteiger partial charge on any atom is 0.327 e. The third-order valence-electron chi connectivity index (χ3n) is 4.44. The Morgan fingerprint density at radius 1 is 1.27 bits per heavy atom. The van der Waals surface area contributed by atoms with Crippen molar-refractivity contribution in [1.29, 1.82) is 0 Å². The van der Waals surface area contributed by atoms with Crippen LogP contribution in [-0.4, -0.2) is 70.9 Å². The lowest BCUT2D eigenvalue weighted by Crippen LogP contribution is -2.45. The number of hydrogen-bond donors (Lipinski definition) is 2. The first-order valence-electron chi connectivity index (χ1n) is 8.62. The van der Waals surface area contributed by atoms with Gasteiger partial charge in [0.05, 0.1) is 0 Å². The summed E-state index contributed by atoms with van der Waals surface area (Å²) in [6, 6.07) is -1.21. The Kier molecular flexibility index (Phi) is 5.83. The minimum atomic E-state index is -1.20. The second kappa shape index (κ2) is 7.71. The zero-order chi connectivity index (χ0) is 19.5. The number of imide groups is 2. The summed E-state index contributed by atoms with van der Waals surface area (Å²) < 4.78 is 5.00. The SMILES string of the molecule is CCCC[C@]1(C)NC(=O)N(CC(=O)O[C@H](C)C(=O)N2CCNC2=O)C1=O. The lowest BCUT2D eigenvalue weighted by Gasteiger charge is -2.21. The van der Waals surface area contributed by atoms with E-state index in [1.54, 1.807) is 6.92 Å². The highest BCUT2D eigenvalue weighted by atomic mass is 16.5. The van der Waals surface area contributed by atoms with Gasteiger partial charge in [0.15, 0.2) is 6.10 Å². The highest BCUT2D eigenvalue weighted by Crippen LogP contribution is 2.23. The van der Waals surface area contributed by atoms with Crippen molar-refractivity contribution in [2.45, 2.75) is 51.7 Å². The fourth-order valence-electron chi connectivity index (χ4n) is 2.91. The smallest absolute Gasteiger partial charge is 0.327 e. The summed E-state index contributed by atoms with van der Waals surface area (Å²) in [4.78, 5) is 61.9. The molecular formula is C16H24N4O6. The molecule has 2 N–H and O–H groups in total. The van der Waals surface area contributed by atoms with Crippen molar-refractivity contribution < 1.29 is 28.7 Å². The van der Waals surface area contributed by atoms with Crippen LogP contribution in [0.4, 0.5) is 9.59 Å². The summed E-state index contributed by atoms with van der Waals surface area (Å²) in [5.41, 5.74) is -1.04. The molecule has 2 fully saturated rings. The topological polar surface area (TPSA) is 125 Å². The molecule has 6 amide bonds. The molecule has 2 heterocycles. The van der Waals surface area contributed by atoms with Crippen LogP contribution in [0.1, 0.15) is 40.0 Å². The molecule has 0 spiro atoms. The fourth-order valence-corrected chi connectivity index (χ4v) is 2.91. The number of unbranched alkanes of at least 4 members (excludes halogenated alkanes) is 1. The lowest BCUT2D eigenvalue weighted by atomic mass is 9.95. The summed E-state index contributed by atoms with van der Waals surface area (Å²) in [6.45, 7) is 4.87. The van der Waals surface area contributed by atoms with E-state index in [2.05, 4.69) is 10.6 Å². The Balaban J connectivity index is 1.92. The van der Waals surface area contributed by atoms with E-state index in [-0.39, 0.29) is 6.54 Å². The van der Waals surface area contributed by atoms with Crippen LogP contribution in [0, 0.1) is 0 Å². The first-order chi connectivity index (χ1) is 12.2. The molecule has 0 bridgehead atoms. The average molecular weight is 368 g/mol. The minimum absolute atomic E-state index is 0.197. The molecular weight excluding hydrogens is 344 g/mol. The van der Waals surface area contributed by atoms with E-state index in [0.717, 1.165) is 22.6 Å². The van der Waals surface area contributed by atoms with Gasteiger partial charge in [0.2, 0.25) is 0 Å². The normalized spacial score (nSPS) is 23.7. The second-order valence-corrected chi connectivity index (χ2v) is 6.61. The van der Waals surface area contributed by atoms with Crippen LogP contribution in [0.25, 0.3) is 0 Å². The molecule has 26 heavy (non-hydrogen) atoms. The Hall–Kier alpha value is -2.65. The average Bonchev–Trinajstić information content (AvgIpc) is 3.09. The standard InChI is InChI=1S/C16H24N4O6/c1-4-5-6-16(3)13(23)20(15(25)18-16)9-11(21)26-10(2)12(22)19-8-7-17-14(19)24/h10H,4-9H2,1-3H3,(H,17,24)(H,18,25)/t10-,16+/m1/s1. The third-order valence-corrected chi connectivity index (χ3v) is 4.44. The number of urea groups is 2. The van der Waals surface area contributed by atoms with Crippen LogP contribution in [0.15, 0.2) is 0 Å². The van der Waals surface area contributed by atoms with Crippen molar-refractivity contribution in [3.05, 3.63) is 0 Å². The molecule has 0 radical (unpaired) electrons. The number of ether oxygens (including phenoxy) is 1. The van der Waals surface area contributed by atoms with Gasteiger partial charge in [0.25, 0.3) is 11.8 Å². The van der Waals surface area contributed by atoms with Crippen LogP contribution in [-0.2, 0) is 19.1 Å². The summed E-state index contributed by atoms with van der Waals surface area (Å²) in [6.07, 6.45) is 0.895. The predicted molar refractivity (Wildman–Crippen MR) is 88.8 cm³/mol. The number of rotatable bonds is 7. The number of carbonyl (C=O) groups excluding carboxylic acids is 5. The first-order valence-corrected chi connectivity index (χ1v) is 8.62. The van der Waals surface area contributed by atoms with Crippen LogP contribution in [0.3, 0.4) is 0 Å². The largest absolute Gasteiger partial charge is 0.451 e. The molecule has 2 rings (SSSR count). The molecule has 2 saturated heterocycles. The summed E-state index contributed by atoms with van der Waals surface area (Å²) in [5.74, 6) is -2.04. The van der Waals surface area contributed by atoms with Gasteiger partial charge in [-0.05, 0) is 20.3 Å². The van der Waals surface area contributed by atoms with Gasteiger partial charge in [-0.1, -0.05) is 19.8 Å². The third kappa shape index (κ3) is 3.94. The van der Waals surface area contributed by atoms with E-state index in [4.69, 9.17) is 4.74 Å². The van der Waals surface area contributed by atoms with Crippen LogP contribution in [0.2, 0.25) is 0 Å². The van der Waals surface area contributed by atoms with Crippen molar-refractivity contribution in [3.63, 3.8) is 0 Å². The van der Waals surface area contributed by atoms with E-state index in [9.17, 15) is 24.0 Å². The molecule has 0 aromatic carbocycles. The number of nitrogens with one attached hydrogen (secondary N) is 2. The maximum absolute atomic E-state index is 12.5. The van der Waals surface area contributed by atoms with Gasteiger partial charge in [-0.25, -0.2) is 9.59 Å². The molecule has 144 valence electrons. The summed E-state index contributed by atoms with van der Waals surface area (Å²) in [5, 5.41) is 5.07. The second-order valence-electron chi connectivity index (χ2n) is 6.61. The Morgan fingerprint density at radius 2 is 1.96 bits per heavy atom. The number of carbonyl (C=O) groups is 5. The Morgan fingerprint density at radius 3 is 2.54 bits per heavy atom. The highest BCUT2D eigenvalue weighted by Gasteiger charge is 2.48. The number of esters is 1. The van der Waals surface area contributed by atoms with Gasteiger partial charge in [-0.2, -0.15) is 0 Å². The van der Waals surface area contributed by atoms with Crippen molar-refractivity contribution in [1.82, 2.24) is 20.4 Å². The number of nitrogens with zero attached hydrogens (tertiary/aromatic N) is 2. The van der Waals surface area contributed by atoms with E-state index in [1.807, 2.05) is 6.92 Å². The van der Waals surface area contributed by atoms with Crippen LogP contribution < -0.4 is 10.6 Å². The van der Waals surface area contributed by atoms with Gasteiger partial charge in [-0.15, -0.1) is 0 Å². The van der Waals surface area contributed by atoms with Crippen molar-refractivity contribution in [3.8, 4) is 0 Å². The predicted octanol–water partition coefficient (Wildman–Crippen LogP) is -0.0294. The minimum Gasteiger partial charge on any atom is -0.451 e. The lowest BCUT2D eigenvalue weighted by molar-refractivity contribution is -0.159. The number of hydrogen-bond acceptors (Lipinski definition) is 6. The molecule has 0 unspecified atom stereocenters. The van der Waals surface area contributed by atoms with Gasteiger partial charge >= 0.3 is 18.0 Å². The van der Waals surface area contributed by atoms with E-state index in [1.165, 1.54) is 6.92 Å². The first kappa shape index (κ1) is 19.7. The van der Waals surface area contributed by atoms with Crippen molar-refractivity contribution >= 4 is 29.8 Å². The molecule has 0 aromatic rings. The van der Waals surface area contributed by atoms with Gasteiger partial charge in [0.1, 0.15) is 12.1 Å². The quantitative estimate of drug-likeness (QED) is 0.480. The van der Waals surface area contributed by atoms with Crippen LogP contribution in [0.5, 0.6) is 0 Å². The molecule has 2 aliphatic heterocycles. The fraction of sp³-hybridized carbons (Fsp3) is 0.688. The van der Waals surface area contributed by atoms with Crippen LogP contribution >= 0.6 is 0 Å². The van der Waals surface area contributed by atoms with E-state index < -0.39 is 48.0 Å². The number of amides is 6. The maximum atomic E-state index is 12.5. The molecule has 2 aliphatic rings. The highest BCUT2D eigenvalue weighted by molar-refractivity contribution is 6.08. The molecule has 2 atom stereocenters. The van der Waals surface area contributed by atoms with Crippen molar-refractivity contribution in [2.24, 2.45) is 0 Å².